The maximum atomic E-state index is 13.9. The highest BCUT2D eigenvalue weighted by Crippen LogP contribution is 2.36. The quantitative estimate of drug-likeness (QED) is 0.313. The van der Waals surface area contributed by atoms with Crippen LogP contribution < -0.4 is 10.5 Å². The van der Waals surface area contributed by atoms with Gasteiger partial charge in [0.25, 0.3) is 0 Å². The first-order valence-corrected chi connectivity index (χ1v) is 13.8. The normalized spacial score (nSPS) is 15.3. The highest BCUT2D eigenvalue weighted by Gasteiger charge is 2.34. The van der Waals surface area contributed by atoms with E-state index in [0.29, 0.717) is 39.0 Å². The number of halogens is 2. The molecule has 1 fully saturated rings. The molecule has 4 aromatic rings. The first kappa shape index (κ1) is 26.7. The number of aliphatic hydroxyl groups is 1. The van der Waals surface area contributed by atoms with E-state index in [-0.39, 0.29) is 25.5 Å². The van der Waals surface area contributed by atoms with Gasteiger partial charge < -0.3 is 15.6 Å². The molecule has 0 bridgehead atoms. The Bertz CT molecular complexity index is 1740. The first-order valence-electron chi connectivity index (χ1n) is 11.9. The van der Waals surface area contributed by atoms with E-state index in [9.17, 15) is 22.3 Å². The van der Waals surface area contributed by atoms with E-state index in [0.717, 1.165) is 12.3 Å². The molecule has 3 heterocycles. The van der Waals surface area contributed by atoms with Crippen LogP contribution >= 0.6 is 0 Å². The van der Waals surface area contributed by atoms with Crippen LogP contribution in [0.15, 0.2) is 48.5 Å². The minimum Gasteiger partial charge on any atom is -0.373 e. The summed E-state index contributed by atoms with van der Waals surface area (Å²) in [4.78, 5) is 4.67. The minimum atomic E-state index is -3.58. The summed E-state index contributed by atoms with van der Waals surface area (Å²) in [6.07, 6.45) is 1.12. The van der Waals surface area contributed by atoms with E-state index in [2.05, 4.69) is 26.6 Å². The topological polar surface area (TPSA) is 132 Å². The number of nitrogens with zero attached hydrogens (tertiary/aromatic N) is 3. The largest absolute Gasteiger partial charge is 0.373 e. The molecule has 202 valence electrons. The summed E-state index contributed by atoms with van der Waals surface area (Å²) < 4.78 is 60.5. The van der Waals surface area contributed by atoms with Gasteiger partial charge in [0.1, 0.15) is 17.3 Å². The van der Waals surface area contributed by atoms with Crippen LogP contribution in [-0.4, -0.2) is 53.4 Å². The third kappa shape index (κ3) is 5.76. The molecule has 4 N–H and O–H groups in total. The molecule has 12 heteroatoms. The fourth-order valence-electron chi connectivity index (χ4n) is 4.49. The van der Waals surface area contributed by atoms with Crippen molar-refractivity contribution < 1.29 is 27.0 Å². The lowest BCUT2D eigenvalue weighted by atomic mass is 9.94. The molecule has 1 aliphatic rings. The van der Waals surface area contributed by atoms with Crippen LogP contribution in [-0.2, 0) is 28.2 Å². The molecule has 9 nitrogen and oxygen atoms in total. The van der Waals surface area contributed by atoms with Gasteiger partial charge in [-0.1, -0.05) is 18.1 Å². The number of sulfonamides is 1. The summed E-state index contributed by atoms with van der Waals surface area (Å²) in [5.74, 6) is 4.36. The molecule has 2 aromatic carbocycles. The molecule has 1 aliphatic heterocycles. The van der Waals surface area contributed by atoms with Crippen LogP contribution in [0.1, 0.15) is 23.0 Å². The summed E-state index contributed by atoms with van der Waals surface area (Å²) in [6, 6.07) is 11.2. The monoisotopic (exact) mass is 553 g/mol. The Labute approximate surface area is 223 Å². The second kappa shape index (κ2) is 10.0. The number of benzene rings is 2. The Morgan fingerprint density at radius 1 is 1.18 bits per heavy atom. The van der Waals surface area contributed by atoms with Crippen LogP contribution in [0.2, 0.25) is 0 Å². The number of hydrogen-bond acceptors (Lipinski definition) is 7. The van der Waals surface area contributed by atoms with Crippen LogP contribution in [0.5, 0.6) is 0 Å². The van der Waals surface area contributed by atoms with E-state index in [1.807, 2.05) is 6.07 Å². The third-order valence-corrected chi connectivity index (χ3v) is 6.76. The molecular formula is C27H25F2N5O4S. The molecule has 0 spiro atoms. The van der Waals surface area contributed by atoms with Crippen molar-refractivity contribution >= 4 is 26.7 Å². The molecule has 5 rings (SSSR count). The molecule has 2 aromatic heterocycles. The van der Waals surface area contributed by atoms with Gasteiger partial charge in [0.2, 0.25) is 10.0 Å². The Balaban J connectivity index is 1.64. The number of para-hydroxylation sites is 1. The Morgan fingerprint density at radius 2 is 1.90 bits per heavy atom. The van der Waals surface area contributed by atoms with Crippen LogP contribution in [0.3, 0.4) is 0 Å². The van der Waals surface area contributed by atoms with E-state index in [1.54, 1.807) is 36.0 Å². The summed E-state index contributed by atoms with van der Waals surface area (Å²) in [5, 5.41) is 15.2. The molecule has 0 aliphatic carbocycles. The zero-order chi connectivity index (χ0) is 27.9. The third-order valence-electron chi connectivity index (χ3n) is 6.20. The Hall–Kier alpha value is -3.89. The lowest BCUT2D eigenvalue weighted by Gasteiger charge is -2.30. The number of aryl methyl sites for hydroxylation is 1. The van der Waals surface area contributed by atoms with Crippen molar-refractivity contribution in [2.75, 3.05) is 24.2 Å². The van der Waals surface area contributed by atoms with Crippen LogP contribution in [0.25, 0.3) is 22.0 Å². The number of aromatic nitrogens is 3. The lowest BCUT2D eigenvalue weighted by molar-refractivity contribution is -0.140. The minimum absolute atomic E-state index is 0.0750. The molecule has 0 saturated carbocycles. The van der Waals surface area contributed by atoms with Gasteiger partial charge in [-0.2, -0.15) is 5.10 Å². The molecule has 39 heavy (non-hydrogen) atoms. The van der Waals surface area contributed by atoms with Gasteiger partial charge >= 0.3 is 0 Å². The number of fused-ring (bicyclic) bond motifs is 1. The number of pyridine rings is 1. The fourth-order valence-corrected chi connectivity index (χ4v) is 4.99. The van der Waals surface area contributed by atoms with Crippen LogP contribution in [0.4, 0.5) is 14.6 Å². The second-order valence-corrected chi connectivity index (χ2v) is 11.3. The molecule has 0 amide bonds. The van der Waals surface area contributed by atoms with Gasteiger partial charge in [-0.05, 0) is 48.2 Å². The maximum absolute atomic E-state index is 13.9. The van der Waals surface area contributed by atoms with Crippen molar-refractivity contribution in [3.8, 4) is 23.0 Å². The second-order valence-electron chi connectivity index (χ2n) is 9.54. The van der Waals surface area contributed by atoms with Gasteiger partial charge in [-0.3, -0.25) is 9.40 Å². The molecule has 1 saturated heterocycles. The van der Waals surface area contributed by atoms with Crippen molar-refractivity contribution in [3.63, 3.8) is 0 Å². The molecular weight excluding hydrogens is 528 g/mol. The highest BCUT2D eigenvalue weighted by molar-refractivity contribution is 7.92. The predicted octanol–water partition coefficient (Wildman–Crippen LogP) is 2.64. The number of anilines is 1. The van der Waals surface area contributed by atoms with E-state index in [4.69, 9.17) is 10.5 Å². The molecule has 0 radical (unpaired) electrons. The van der Waals surface area contributed by atoms with Gasteiger partial charge in [-0.15, -0.1) is 0 Å². The zero-order valence-corrected chi connectivity index (χ0v) is 21.9. The van der Waals surface area contributed by atoms with Crippen LogP contribution in [0, 0.1) is 23.5 Å². The first-order chi connectivity index (χ1) is 18.4. The van der Waals surface area contributed by atoms with Crippen molar-refractivity contribution in [2.24, 2.45) is 12.8 Å². The van der Waals surface area contributed by atoms with Gasteiger partial charge in [-0.25, -0.2) is 22.2 Å². The standard InChI is InChI=1S/C27H25F2N5O4S/c1-34-25-21(4-3-5-22(25)26(32-34)33-39(2,36)37)20-7-6-19(8-9-27(35)14-38-15-27)31-24(20)23(30)12-16-10-17(28)13-18(29)11-16/h3-7,10-11,13,23,35H,12,14-15,30H2,1-2H3,(H,32,33)/t23-/m0/s1. The van der Waals surface area contributed by atoms with E-state index in [1.165, 1.54) is 12.1 Å². The molecule has 1 atom stereocenters. The highest BCUT2D eigenvalue weighted by atomic mass is 32.2. The van der Waals surface area contributed by atoms with Crippen molar-refractivity contribution in [1.82, 2.24) is 14.8 Å². The predicted molar refractivity (Wildman–Crippen MR) is 142 cm³/mol. The summed E-state index contributed by atoms with van der Waals surface area (Å²) in [7, 11) is -1.90. The number of ether oxygens (including phenoxy) is 1. The van der Waals surface area contributed by atoms with Gasteiger partial charge in [0.15, 0.2) is 11.4 Å². The average molecular weight is 554 g/mol. The zero-order valence-electron chi connectivity index (χ0n) is 21.1. The number of rotatable bonds is 6. The number of nitrogens with one attached hydrogen (secondary N) is 1. The lowest BCUT2D eigenvalue weighted by Crippen LogP contribution is -2.48. The summed E-state index contributed by atoms with van der Waals surface area (Å²) in [6.45, 7) is 0.198. The molecule has 0 unspecified atom stereocenters. The Kier molecular flexibility index (Phi) is 6.86. The summed E-state index contributed by atoms with van der Waals surface area (Å²) in [5.41, 5.74) is 8.32. The van der Waals surface area contributed by atoms with Crippen molar-refractivity contribution in [1.29, 1.82) is 0 Å². The van der Waals surface area contributed by atoms with E-state index >= 15 is 0 Å². The van der Waals surface area contributed by atoms with Gasteiger partial charge in [0, 0.05) is 29.6 Å². The number of nitrogens with two attached hydrogens (primary N) is 1. The average Bonchev–Trinajstić information content (AvgIpc) is 3.14. The van der Waals surface area contributed by atoms with Crippen molar-refractivity contribution in [3.05, 3.63) is 77.1 Å². The summed E-state index contributed by atoms with van der Waals surface area (Å²) >= 11 is 0. The Morgan fingerprint density at radius 3 is 2.54 bits per heavy atom. The fraction of sp³-hybridized carbons (Fsp3) is 0.259. The SMILES string of the molecule is Cn1nc(NS(C)(=O)=O)c2cccc(-c3ccc(C#CC4(O)COC4)nc3[C@@H](N)Cc3cc(F)cc(F)c3)c21. The van der Waals surface area contributed by atoms with Gasteiger partial charge in [0.05, 0.1) is 36.7 Å². The maximum Gasteiger partial charge on any atom is 0.231 e. The van der Waals surface area contributed by atoms with Crippen molar-refractivity contribution in [2.45, 2.75) is 18.1 Å². The smallest absolute Gasteiger partial charge is 0.231 e. The van der Waals surface area contributed by atoms with E-state index < -0.39 is 33.3 Å². The number of hydrogen-bond donors (Lipinski definition) is 3.